The molecule has 1 fully saturated rings. The highest BCUT2D eigenvalue weighted by Gasteiger charge is 2.31. The van der Waals surface area contributed by atoms with Crippen molar-refractivity contribution in [1.29, 1.82) is 0 Å². The molecule has 7 heteroatoms. The fourth-order valence-electron chi connectivity index (χ4n) is 2.27. The predicted octanol–water partition coefficient (Wildman–Crippen LogP) is -0.804. The number of hydrogen-bond acceptors (Lipinski definition) is 5. The fourth-order valence-corrected chi connectivity index (χ4v) is 2.27. The number of rotatable bonds is 3. The van der Waals surface area contributed by atoms with Gasteiger partial charge in [0.15, 0.2) is 0 Å². The number of nitrogens with one attached hydrogen (secondary N) is 1. The van der Waals surface area contributed by atoms with Crippen LogP contribution in [0.5, 0.6) is 0 Å². The van der Waals surface area contributed by atoms with Crippen LogP contribution in [0.25, 0.3) is 0 Å². The standard InChI is InChI=1S/C11H18N4O3/c1-14-9(16)8(13-15(2)10(14)17)12-7-11(18)5-3-4-6-11/h18H,3-7H2,1-2H3,(H,12,13). The van der Waals surface area contributed by atoms with E-state index in [-0.39, 0.29) is 12.4 Å². The SMILES string of the molecule is Cn1nc(NCC2(O)CCCC2)c(=O)n(C)c1=O. The molecular formula is C11H18N4O3. The molecule has 0 bridgehead atoms. The van der Waals surface area contributed by atoms with Crippen LogP contribution in [0.3, 0.4) is 0 Å². The largest absolute Gasteiger partial charge is 0.388 e. The molecule has 1 heterocycles. The molecule has 0 aromatic carbocycles. The molecule has 2 N–H and O–H groups in total. The van der Waals surface area contributed by atoms with Gasteiger partial charge in [-0.15, -0.1) is 5.10 Å². The quantitative estimate of drug-likeness (QED) is 0.737. The van der Waals surface area contributed by atoms with Crippen LogP contribution in [0.2, 0.25) is 0 Å². The first-order valence-electron chi connectivity index (χ1n) is 6.03. The molecule has 18 heavy (non-hydrogen) atoms. The highest BCUT2D eigenvalue weighted by Crippen LogP contribution is 2.29. The zero-order valence-electron chi connectivity index (χ0n) is 10.6. The Kier molecular flexibility index (Phi) is 3.25. The lowest BCUT2D eigenvalue weighted by atomic mass is 10.0. The zero-order chi connectivity index (χ0) is 13.3. The lowest BCUT2D eigenvalue weighted by molar-refractivity contribution is 0.0613. The van der Waals surface area contributed by atoms with Crippen LogP contribution in [0.1, 0.15) is 25.7 Å². The number of aryl methyl sites for hydroxylation is 1. The van der Waals surface area contributed by atoms with Gasteiger partial charge in [0.05, 0.1) is 5.60 Å². The van der Waals surface area contributed by atoms with Crippen molar-refractivity contribution in [3.8, 4) is 0 Å². The van der Waals surface area contributed by atoms with Gasteiger partial charge in [-0.05, 0) is 12.8 Å². The van der Waals surface area contributed by atoms with Crippen LogP contribution < -0.4 is 16.6 Å². The molecular weight excluding hydrogens is 236 g/mol. The third-order valence-electron chi connectivity index (χ3n) is 3.44. The van der Waals surface area contributed by atoms with E-state index in [1.807, 2.05) is 0 Å². The summed E-state index contributed by atoms with van der Waals surface area (Å²) in [6.45, 7) is 0.285. The van der Waals surface area contributed by atoms with Crippen molar-refractivity contribution >= 4 is 5.82 Å². The number of anilines is 1. The number of aromatic nitrogens is 3. The van der Waals surface area contributed by atoms with Gasteiger partial charge in [0.2, 0.25) is 5.82 Å². The van der Waals surface area contributed by atoms with Gasteiger partial charge in [-0.3, -0.25) is 9.36 Å². The monoisotopic (exact) mass is 254 g/mol. The lowest BCUT2D eigenvalue weighted by Gasteiger charge is -2.22. The van der Waals surface area contributed by atoms with Crippen LogP contribution in [-0.4, -0.2) is 31.6 Å². The second-order valence-electron chi connectivity index (χ2n) is 4.90. The Morgan fingerprint density at radius 2 is 1.94 bits per heavy atom. The molecule has 1 aromatic heterocycles. The zero-order valence-corrected chi connectivity index (χ0v) is 10.6. The van der Waals surface area contributed by atoms with E-state index in [1.54, 1.807) is 0 Å². The Labute approximate surface area is 104 Å². The molecule has 0 atom stereocenters. The number of nitrogens with zero attached hydrogens (tertiary/aromatic N) is 3. The summed E-state index contributed by atoms with van der Waals surface area (Å²) in [6, 6.07) is 0. The average Bonchev–Trinajstić information content (AvgIpc) is 2.77. The molecule has 100 valence electrons. The van der Waals surface area contributed by atoms with Crippen molar-refractivity contribution in [3.05, 3.63) is 20.8 Å². The molecule has 0 radical (unpaired) electrons. The molecule has 1 aliphatic rings. The molecule has 7 nitrogen and oxygen atoms in total. The Balaban J connectivity index is 2.20. The minimum absolute atomic E-state index is 0.0972. The van der Waals surface area contributed by atoms with Crippen molar-refractivity contribution < 1.29 is 5.11 Å². The molecule has 0 amide bonds. The van der Waals surface area contributed by atoms with Crippen LogP contribution in [-0.2, 0) is 14.1 Å². The van der Waals surface area contributed by atoms with E-state index in [9.17, 15) is 14.7 Å². The van der Waals surface area contributed by atoms with E-state index in [2.05, 4.69) is 10.4 Å². The summed E-state index contributed by atoms with van der Waals surface area (Å²) in [5.41, 5.74) is -1.70. The summed E-state index contributed by atoms with van der Waals surface area (Å²) in [6.07, 6.45) is 3.45. The van der Waals surface area contributed by atoms with Crippen LogP contribution >= 0.6 is 0 Å². The highest BCUT2D eigenvalue weighted by molar-refractivity contribution is 5.30. The molecule has 0 aliphatic heterocycles. The lowest BCUT2D eigenvalue weighted by Crippen LogP contribution is -2.42. The Morgan fingerprint density at radius 1 is 1.33 bits per heavy atom. The second kappa shape index (κ2) is 4.56. The van der Waals surface area contributed by atoms with E-state index in [0.717, 1.165) is 34.9 Å². The first-order chi connectivity index (χ1) is 8.43. The van der Waals surface area contributed by atoms with E-state index in [4.69, 9.17) is 0 Å². The average molecular weight is 254 g/mol. The topological polar surface area (TPSA) is 89.2 Å². The Hall–Kier alpha value is -1.63. The third-order valence-corrected chi connectivity index (χ3v) is 3.44. The summed E-state index contributed by atoms with van der Waals surface area (Å²) in [5.74, 6) is 0.0972. The summed E-state index contributed by atoms with van der Waals surface area (Å²) >= 11 is 0. The molecule has 0 unspecified atom stereocenters. The minimum atomic E-state index is -0.763. The van der Waals surface area contributed by atoms with E-state index in [0.29, 0.717) is 0 Å². The Morgan fingerprint density at radius 3 is 2.56 bits per heavy atom. The summed E-state index contributed by atoms with van der Waals surface area (Å²) in [4.78, 5) is 23.2. The maximum Gasteiger partial charge on any atom is 0.346 e. The maximum atomic E-state index is 11.8. The van der Waals surface area contributed by atoms with Crippen molar-refractivity contribution in [2.24, 2.45) is 14.1 Å². The first kappa shape index (κ1) is 12.8. The van der Waals surface area contributed by atoms with Gasteiger partial charge in [-0.2, -0.15) is 0 Å². The predicted molar refractivity (Wildman–Crippen MR) is 66.6 cm³/mol. The van der Waals surface area contributed by atoms with E-state index in [1.165, 1.54) is 14.1 Å². The molecule has 1 aromatic rings. The van der Waals surface area contributed by atoms with Crippen molar-refractivity contribution in [2.45, 2.75) is 31.3 Å². The number of aliphatic hydroxyl groups is 1. The second-order valence-corrected chi connectivity index (χ2v) is 4.90. The van der Waals surface area contributed by atoms with E-state index < -0.39 is 16.9 Å². The molecule has 2 rings (SSSR count). The maximum absolute atomic E-state index is 11.8. The molecule has 1 aliphatic carbocycles. The Bertz CT molecular complexity index is 554. The smallest absolute Gasteiger partial charge is 0.346 e. The fraction of sp³-hybridized carbons (Fsp3) is 0.727. The van der Waals surface area contributed by atoms with E-state index >= 15 is 0 Å². The van der Waals surface area contributed by atoms with Crippen LogP contribution in [0.4, 0.5) is 5.82 Å². The van der Waals surface area contributed by atoms with Gasteiger partial charge in [-0.1, -0.05) is 12.8 Å². The van der Waals surface area contributed by atoms with Crippen molar-refractivity contribution in [3.63, 3.8) is 0 Å². The van der Waals surface area contributed by atoms with Gasteiger partial charge in [-0.25, -0.2) is 9.48 Å². The van der Waals surface area contributed by atoms with Gasteiger partial charge in [0.1, 0.15) is 0 Å². The van der Waals surface area contributed by atoms with Crippen LogP contribution in [0.15, 0.2) is 9.59 Å². The van der Waals surface area contributed by atoms with Crippen molar-refractivity contribution in [2.75, 3.05) is 11.9 Å². The van der Waals surface area contributed by atoms with Gasteiger partial charge in [0.25, 0.3) is 5.56 Å². The minimum Gasteiger partial charge on any atom is -0.388 e. The first-order valence-corrected chi connectivity index (χ1v) is 6.03. The van der Waals surface area contributed by atoms with Crippen LogP contribution in [0, 0.1) is 0 Å². The molecule has 0 saturated heterocycles. The third kappa shape index (κ3) is 2.31. The van der Waals surface area contributed by atoms with Gasteiger partial charge >= 0.3 is 5.69 Å². The summed E-state index contributed by atoms with van der Waals surface area (Å²) in [7, 11) is 2.89. The number of hydrogen-bond donors (Lipinski definition) is 2. The molecule has 0 spiro atoms. The molecule has 1 saturated carbocycles. The normalized spacial score (nSPS) is 17.9. The van der Waals surface area contributed by atoms with Gasteiger partial charge < -0.3 is 10.4 Å². The summed E-state index contributed by atoms with van der Waals surface area (Å²) in [5, 5.41) is 16.9. The summed E-state index contributed by atoms with van der Waals surface area (Å²) < 4.78 is 2.09. The van der Waals surface area contributed by atoms with Crippen molar-refractivity contribution in [1.82, 2.24) is 14.3 Å². The van der Waals surface area contributed by atoms with Gasteiger partial charge in [0, 0.05) is 20.6 Å². The highest BCUT2D eigenvalue weighted by atomic mass is 16.3.